The second kappa shape index (κ2) is 13.1. The van der Waals surface area contributed by atoms with Crippen LogP contribution in [0.2, 0.25) is 0 Å². The van der Waals surface area contributed by atoms with Crippen LogP contribution in [0, 0.1) is 0 Å². The summed E-state index contributed by atoms with van der Waals surface area (Å²) in [5.41, 5.74) is 12.9. The van der Waals surface area contributed by atoms with Crippen molar-refractivity contribution < 1.29 is 4.42 Å². The molecule has 2 heterocycles. The van der Waals surface area contributed by atoms with Gasteiger partial charge in [-0.3, -0.25) is 0 Å². The minimum atomic E-state index is 0.639. The minimum absolute atomic E-state index is 0.639. The van der Waals surface area contributed by atoms with Gasteiger partial charge in [-0.2, -0.15) is 0 Å². The van der Waals surface area contributed by atoms with E-state index < -0.39 is 0 Å². The molecule has 0 aliphatic heterocycles. The van der Waals surface area contributed by atoms with Gasteiger partial charge in [0.1, 0.15) is 11.3 Å². The maximum atomic E-state index is 5.99. The lowest BCUT2D eigenvalue weighted by molar-refractivity contribution is 0.620. The van der Waals surface area contributed by atoms with E-state index in [1.807, 2.05) is 24.3 Å². The Morgan fingerprint density at radius 1 is 0.356 bits per heavy atom. The Hall–Kier alpha value is -7.82. The zero-order valence-corrected chi connectivity index (χ0v) is 32.2. The lowest BCUT2D eigenvalue weighted by atomic mass is 9.95. The van der Waals surface area contributed by atoms with E-state index in [4.69, 9.17) is 9.40 Å². The molecule has 10 aromatic carbocycles. The van der Waals surface area contributed by atoms with Crippen LogP contribution >= 0.6 is 0 Å². The van der Waals surface area contributed by atoms with Crippen LogP contribution in [0.4, 0.5) is 0 Å². The third kappa shape index (κ3) is 5.60. The maximum absolute atomic E-state index is 5.99. The fraction of sp³-hybridized carbons (Fsp3) is 0.0182. The molecule has 0 radical (unpaired) electrons. The van der Waals surface area contributed by atoms with Crippen molar-refractivity contribution in [3.05, 3.63) is 194 Å². The number of para-hydroxylation sites is 2. The van der Waals surface area contributed by atoms with Gasteiger partial charge in [0.15, 0.2) is 5.58 Å². The first kappa shape index (κ1) is 33.3. The van der Waals surface area contributed by atoms with Crippen LogP contribution in [0.15, 0.2) is 199 Å². The number of aryl methyl sites for hydroxylation is 1. The molecule has 0 atom stereocenters. The largest absolute Gasteiger partial charge is 0.436 e. The number of oxazole rings is 1. The molecule has 4 nitrogen and oxygen atoms in total. The summed E-state index contributed by atoms with van der Waals surface area (Å²) in [6.07, 6.45) is 0. The topological polar surface area (TPSA) is 43.9 Å². The predicted molar refractivity (Wildman–Crippen MR) is 245 cm³/mol. The molecule has 0 unspecified atom stereocenters. The van der Waals surface area contributed by atoms with Gasteiger partial charge >= 0.3 is 0 Å². The van der Waals surface area contributed by atoms with Crippen LogP contribution < -0.4 is 0 Å². The summed E-state index contributed by atoms with van der Waals surface area (Å²) in [7, 11) is 2.11. The van der Waals surface area contributed by atoms with Crippen molar-refractivity contribution in [2.45, 2.75) is 0 Å². The first-order valence-electron chi connectivity index (χ1n) is 20.0. The number of fused-ring (bicyclic) bond motifs is 8. The Bertz CT molecular complexity index is 3580. The fourth-order valence-electron chi connectivity index (χ4n) is 8.86. The summed E-state index contributed by atoms with van der Waals surface area (Å²) in [4.78, 5) is 9.75. The first-order valence-corrected chi connectivity index (χ1v) is 20.0. The van der Waals surface area contributed by atoms with Crippen LogP contribution in [0.1, 0.15) is 0 Å². The van der Waals surface area contributed by atoms with E-state index in [-0.39, 0.29) is 0 Å². The smallest absolute Gasteiger partial charge is 0.227 e. The molecule has 2 aromatic heterocycles. The third-order valence-electron chi connectivity index (χ3n) is 12.0. The molecule has 0 saturated heterocycles. The second-order valence-electron chi connectivity index (χ2n) is 15.5. The van der Waals surface area contributed by atoms with E-state index in [1.54, 1.807) is 0 Å². The van der Waals surface area contributed by atoms with Crippen LogP contribution in [0.5, 0.6) is 0 Å². The van der Waals surface area contributed by atoms with E-state index in [2.05, 4.69) is 186 Å². The zero-order chi connectivity index (χ0) is 39.0. The molecule has 0 bridgehead atoms. The molecule has 0 N–H and O–H groups in total. The van der Waals surface area contributed by atoms with Crippen molar-refractivity contribution in [3.8, 4) is 56.2 Å². The maximum Gasteiger partial charge on any atom is 0.227 e. The Labute approximate surface area is 340 Å². The standard InChI is InChI=1S/C55H35N3O/c1-58-52-33-42(25-29-50(52)56-54(58)37-15-10-34(11-16-37)39-22-26-47-43(30-39)19-14-36-6-2-3-7-46(36)47)41-24-28-49-45(32-41)21-20-44-31-40(23-27-48(44)49)35-12-17-38(18-13-35)55-57-51-8-4-5-9-53(51)59-55/h2-33H,1H3. The van der Waals surface area contributed by atoms with Gasteiger partial charge in [0, 0.05) is 18.2 Å². The summed E-state index contributed by atoms with van der Waals surface area (Å²) >= 11 is 0. The monoisotopic (exact) mass is 753 g/mol. The SMILES string of the molecule is Cn1c(-c2ccc(-c3ccc4c(ccc5ccccc54)c3)cc2)nc2ccc(-c3ccc4c(ccc5cc(-c6ccc(-c7nc8ccccc8o7)cc6)ccc54)c3)cc21. The molecule has 0 spiro atoms. The van der Waals surface area contributed by atoms with Gasteiger partial charge in [0.25, 0.3) is 0 Å². The molecule has 0 aliphatic rings. The van der Waals surface area contributed by atoms with Gasteiger partial charge in [0.2, 0.25) is 5.89 Å². The number of hydrogen-bond acceptors (Lipinski definition) is 3. The van der Waals surface area contributed by atoms with Crippen molar-refractivity contribution in [1.29, 1.82) is 0 Å². The van der Waals surface area contributed by atoms with E-state index in [1.165, 1.54) is 70.9 Å². The van der Waals surface area contributed by atoms with Crippen molar-refractivity contribution in [1.82, 2.24) is 14.5 Å². The van der Waals surface area contributed by atoms with E-state index >= 15 is 0 Å². The van der Waals surface area contributed by atoms with Crippen LogP contribution in [0.3, 0.4) is 0 Å². The lowest BCUT2D eigenvalue weighted by Crippen LogP contribution is -1.92. The molecule has 4 heteroatoms. The quantitative estimate of drug-likeness (QED) is 0.164. The van der Waals surface area contributed by atoms with Crippen LogP contribution in [-0.2, 0) is 7.05 Å². The van der Waals surface area contributed by atoms with E-state index in [0.717, 1.165) is 44.6 Å². The highest BCUT2D eigenvalue weighted by Crippen LogP contribution is 2.36. The zero-order valence-electron chi connectivity index (χ0n) is 32.2. The lowest BCUT2D eigenvalue weighted by Gasteiger charge is -2.10. The van der Waals surface area contributed by atoms with Gasteiger partial charge in [-0.05, 0) is 131 Å². The molecule has 12 rings (SSSR count). The van der Waals surface area contributed by atoms with Gasteiger partial charge in [0.05, 0.1) is 11.0 Å². The number of nitrogens with zero attached hydrogens (tertiary/aromatic N) is 3. The number of hydrogen-bond donors (Lipinski definition) is 0. The molecule has 0 fully saturated rings. The van der Waals surface area contributed by atoms with E-state index in [9.17, 15) is 0 Å². The highest BCUT2D eigenvalue weighted by Gasteiger charge is 2.14. The molecule has 0 aliphatic carbocycles. The molecular weight excluding hydrogens is 719 g/mol. The summed E-state index contributed by atoms with van der Waals surface area (Å²) in [5.74, 6) is 1.60. The number of imidazole rings is 1. The molecule has 12 aromatic rings. The normalized spacial score (nSPS) is 11.8. The predicted octanol–water partition coefficient (Wildman–Crippen LogP) is 14.7. The average molecular weight is 754 g/mol. The highest BCUT2D eigenvalue weighted by molar-refractivity contribution is 6.10. The van der Waals surface area contributed by atoms with Gasteiger partial charge in [-0.25, -0.2) is 9.97 Å². The fourth-order valence-corrected chi connectivity index (χ4v) is 8.86. The van der Waals surface area contributed by atoms with Crippen molar-refractivity contribution >= 4 is 65.2 Å². The van der Waals surface area contributed by atoms with Gasteiger partial charge in [-0.15, -0.1) is 0 Å². The van der Waals surface area contributed by atoms with Crippen molar-refractivity contribution in [3.63, 3.8) is 0 Å². The number of aromatic nitrogens is 3. The molecule has 59 heavy (non-hydrogen) atoms. The molecule has 0 amide bonds. The second-order valence-corrected chi connectivity index (χ2v) is 15.5. The summed E-state index contributed by atoms with van der Waals surface area (Å²) in [5, 5.41) is 10.0. The number of benzene rings is 10. The molecule has 276 valence electrons. The summed E-state index contributed by atoms with van der Waals surface area (Å²) in [6.45, 7) is 0. The van der Waals surface area contributed by atoms with Gasteiger partial charge in [-0.1, -0.05) is 140 Å². The van der Waals surface area contributed by atoms with Crippen molar-refractivity contribution in [2.24, 2.45) is 7.05 Å². The Morgan fingerprint density at radius 2 is 0.831 bits per heavy atom. The Morgan fingerprint density at radius 3 is 1.47 bits per heavy atom. The van der Waals surface area contributed by atoms with Crippen molar-refractivity contribution in [2.75, 3.05) is 0 Å². The number of rotatable bonds is 5. The Balaban J connectivity index is 0.810. The highest BCUT2D eigenvalue weighted by atomic mass is 16.3. The first-order chi connectivity index (χ1) is 29.1. The molecule has 0 saturated carbocycles. The average Bonchev–Trinajstić information content (AvgIpc) is 3.89. The third-order valence-corrected chi connectivity index (χ3v) is 12.0. The molecular formula is C55H35N3O. The van der Waals surface area contributed by atoms with Crippen LogP contribution in [-0.4, -0.2) is 14.5 Å². The van der Waals surface area contributed by atoms with Crippen LogP contribution in [0.25, 0.3) is 121 Å². The minimum Gasteiger partial charge on any atom is -0.436 e. The Kier molecular flexibility index (Phi) is 7.41. The summed E-state index contributed by atoms with van der Waals surface area (Å²) < 4.78 is 8.21. The van der Waals surface area contributed by atoms with E-state index in [0.29, 0.717) is 5.89 Å². The summed E-state index contributed by atoms with van der Waals surface area (Å²) in [6, 6.07) is 69.6. The van der Waals surface area contributed by atoms with Gasteiger partial charge < -0.3 is 8.98 Å².